The van der Waals surface area contributed by atoms with Crippen molar-refractivity contribution in [3.63, 3.8) is 0 Å². The molecule has 0 aromatic heterocycles. The Morgan fingerprint density at radius 1 is 1.38 bits per heavy atom. The summed E-state index contributed by atoms with van der Waals surface area (Å²) >= 11 is 0. The number of phenols is 1. The molecule has 0 atom stereocenters. The van der Waals surface area contributed by atoms with Crippen molar-refractivity contribution in [2.24, 2.45) is 0 Å². The fraction of sp³-hybridized carbons (Fsp3) is 0.500. The molecule has 1 saturated carbocycles. The van der Waals surface area contributed by atoms with Crippen molar-refractivity contribution in [1.29, 1.82) is 0 Å². The Bertz CT molecular complexity index is 487. The number of aromatic hydroxyl groups is 1. The summed E-state index contributed by atoms with van der Waals surface area (Å²) in [6.07, 6.45) is 1.80. The molecule has 0 spiro atoms. The van der Waals surface area contributed by atoms with Gasteiger partial charge in [0.05, 0.1) is 5.75 Å². The molecule has 16 heavy (non-hydrogen) atoms. The van der Waals surface area contributed by atoms with E-state index in [1.54, 1.807) is 25.1 Å². The predicted octanol–water partition coefficient (Wildman–Crippen LogP) is 1.86. The third kappa shape index (κ3) is 2.21. The monoisotopic (exact) mass is 240 g/mol. The summed E-state index contributed by atoms with van der Waals surface area (Å²) in [5.74, 6) is 0.603. The molecule has 0 bridgehead atoms. The van der Waals surface area contributed by atoms with Crippen molar-refractivity contribution in [2.45, 2.75) is 25.2 Å². The van der Waals surface area contributed by atoms with E-state index >= 15 is 0 Å². The quantitative estimate of drug-likeness (QED) is 0.874. The molecule has 1 aromatic rings. The van der Waals surface area contributed by atoms with Crippen molar-refractivity contribution < 1.29 is 13.5 Å². The van der Waals surface area contributed by atoms with Crippen LogP contribution in [-0.2, 0) is 15.3 Å². The smallest absolute Gasteiger partial charge is 0.150 e. The van der Waals surface area contributed by atoms with Gasteiger partial charge in [-0.05, 0) is 30.5 Å². The summed E-state index contributed by atoms with van der Waals surface area (Å²) in [6, 6.07) is 6.95. The van der Waals surface area contributed by atoms with Crippen LogP contribution in [0.2, 0.25) is 0 Å². The lowest BCUT2D eigenvalue weighted by Crippen LogP contribution is -2.22. The van der Waals surface area contributed by atoms with Gasteiger partial charge in [0.2, 0.25) is 0 Å². The number of benzene rings is 1. The van der Waals surface area contributed by atoms with Crippen molar-refractivity contribution >= 4 is 9.84 Å². The van der Waals surface area contributed by atoms with E-state index in [9.17, 15) is 13.5 Å². The van der Waals surface area contributed by atoms with Gasteiger partial charge in [0.1, 0.15) is 5.75 Å². The highest BCUT2D eigenvalue weighted by Gasteiger charge is 2.47. The third-order valence-electron chi connectivity index (χ3n) is 3.25. The minimum atomic E-state index is -2.96. The van der Waals surface area contributed by atoms with Crippen LogP contribution in [0.25, 0.3) is 0 Å². The second kappa shape index (κ2) is 3.77. The van der Waals surface area contributed by atoms with Crippen LogP contribution < -0.4 is 0 Å². The van der Waals surface area contributed by atoms with Crippen LogP contribution in [0.15, 0.2) is 24.3 Å². The van der Waals surface area contributed by atoms with Gasteiger partial charge in [0.15, 0.2) is 9.84 Å². The largest absolute Gasteiger partial charge is 0.508 e. The SMILES string of the molecule is CCS(=O)(=O)CC1(c2cccc(O)c2)CC1. The van der Waals surface area contributed by atoms with Crippen molar-refractivity contribution in [3.05, 3.63) is 29.8 Å². The zero-order valence-corrected chi connectivity index (χ0v) is 10.1. The number of hydrogen-bond acceptors (Lipinski definition) is 3. The average molecular weight is 240 g/mol. The van der Waals surface area contributed by atoms with Gasteiger partial charge in [0.25, 0.3) is 0 Å². The van der Waals surface area contributed by atoms with E-state index in [4.69, 9.17) is 0 Å². The predicted molar refractivity (Wildman–Crippen MR) is 63.3 cm³/mol. The first-order valence-corrected chi connectivity index (χ1v) is 7.29. The van der Waals surface area contributed by atoms with Crippen LogP contribution in [0.4, 0.5) is 0 Å². The van der Waals surface area contributed by atoms with Gasteiger partial charge < -0.3 is 5.11 Å². The third-order valence-corrected chi connectivity index (χ3v) is 5.12. The molecular formula is C12H16O3S. The van der Waals surface area contributed by atoms with E-state index in [2.05, 4.69) is 0 Å². The first kappa shape index (κ1) is 11.5. The van der Waals surface area contributed by atoms with Gasteiger partial charge in [-0.2, -0.15) is 0 Å². The van der Waals surface area contributed by atoms with Crippen LogP contribution in [0.1, 0.15) is 25.3 Å². The highest BCUT2D eigenvalue weighted by molar-refractivity contribution is 7.91. The molecule has 1 fully saturated rings. The highest BCUT2D eigenvalue weighted by Crippen LogP contribution is 2.49. The van der Waals surface area contributed by atoms with Crippen LogP contribution >= 0.6 is 0 Å². The van der Waals surface area contributed by atoms with Gasteiger partial charge in [-0.15, -0.1) is 0 Å². The molecule has 3 nitrogen and oxygen atoms in total. The van der Waals surface area contributed by atoms with Crippen molar-refractivity contribution in [1.82, 2.24) is 0 Å². The fourth-order valence-corrected chi connectivity index (χ4v) is 3.53. The van der Waals surface area contributed by atoms with Gasteiger partial charge in [-0.3, -0.25) is 0 Å². The van der Waals surface area contributed by atoms with Crippen LogP contribution in [0.5, 0.6) is 5.75 Å². The highest BCUT2D eigenvalue weighted by atomic mass is 32.2. The van der Waals surface area contributed by atoms with Crippen LogP contribution in [-0.4, -0.2) is 25.0 Å². The minimum Gasteiger partial charge on any atom is -0.508 e. The van der Waals surface area contributed by atoms with Crippen molar-refractivity contribution in [2.75, 3.05) is 11.5 Å². The number of phenolic OH excluding ortho intramolecular Hbond substituents is 1. The molecule has 0 radical (unpaired) electrons. The first-order chi connectivity index (χ1) is 7.47. The second-order valence-corrected chi connectivity index (χ2v) is 6.86. The summed E-state index contributed by atoms with van der Waals surface area (Å²) in [5.41, 5.74) is 0.720. The molecule has 0 saturated heterocycles. The molecule has 0 aliphatic heterocycles. The average Bonchev–Trinajstić information content (AvgIpc) is 2.98. The van der Waals surface area contributed by atoms with E-state index in [1.165, 1.54) is 0 Å². The normalized spacial score (nSPS) is 18.3. The van der Waals surface area contributed by atoms with Crippen LogP contribution in [0, 0.1) is 0 Å². The molecule has 1 aliphatic carbocycles. The Labute approximate surface area is 96.0 Å². The molecule has 1 N–H and O–H groups in total. The lowest BCUT2D eigenvalue weighted by atomic mass is 9.98. The molecule has 0 heterocycles. The lowest BCUT2D eigenvalue weighted by Gasteiger charge is -2.15. The lowest BCUT2D eigenvalue weighted by molar-refractivity contribution is 0.473. The number of sulfone groups is 1. The Morgan fingerprint density at radius 2 is 2.06 bits per heavy atom. The van der Waals surface area contributed by atoms with Gasteiger partial charge >= 0.3 is 0 Å². The topological polar surface area (TPSA) is 54.4 Å². The Kier molecular flexibility index (Phi) is 2.70. The minimum absolute atomic E-state index is 0.188. The molecule has 88 valence electrons. The zero-order valence-electron chi connectivity index (χ0n) is 9.31. The molecule has 1 aliphatic rings. The second-order valence-electron chi connectivity index (χ2n) is 4.51. The van der Waals surface area contributed by atoms with Gasteiger partial charge in [-0.1, -0.05) is 19.1 Å². The molecule has 4 heteroatoms. The zero-order chi connectivity index (χ0) is 11.8. The standard InChI is InChI=1S/C12H16O3S/c1-2-16(14,15)9-12(6-7-12)10-4-3-5-11(13)8-10/h3-5,8,13H,2,6-7,9H2,1H3. The Hall–Kier alpha value is -1.03. The summed E-state index contributed by atoms with van der Waals surface area (Å²) in [6.45, 7) is 1.67. The van der Waals surface area contributed by atoms with Crippen LogP contribution in [0.3, 0.4) is 0 Å². The fourth-order valence-electron chi connectivity index (χ4n) is 2.03. The molecule has 0 unspecified atom stereocenters. The van der Waals surface area contributed by atoms with E-state index < -0.39 is 9.84 Å². The first-order valence-electron chi connectivity index (χ1n) is 5.47. The van der Waals surface area contributed by atoms with E-state index in [0.29, 0.717) is 0 Å². The van der Waals surface area contributed by atoms with Gasteiger partial charge in [0, 0.05) is 11.2 Å². The summed E-state index contributed by atoms with van der Waals surface area (Å²) in [5, 5.41) is 9.41. The summed E-state index contributed by atoms with van der Waals surface area (Å²) in [7, 11) is -2.96. The van der Waals surface area contributed by atoms with E-state index in [0.717, 1.165) is 18.4 Å². The molecular weight excluding hydrogens is 224 g/mol. The van der Waals surface area contributed by atoms with E-state index in [-0.39, 0.29) is 22.7 Å². The van der Waals surface area contributed by atoms with Gasteiger partial charge in [-0.25, -0.2) is 8.42 Å². The Balaban J connectivity index is 2.27. The van der Waals surface area contributed by atoms with Crippen molar-refractivity contribution in [3.8, 4) is 5.75 Å². The number of hydrogen-bond donors (Lipinski definition) is 1. The maximum atomic E-state index is 11.7. The molecule has 0 amide bonds. The molecule has 2 rings (SSSR count). The number of rotatable bonds is 4. The van der Waals surface area contributed by atoms with E-state index in [1.807, 2.05) is 6.07 Å². The Morgan fingerprint density at radius 3 is 2.56 bits per heavy atom. The molecule has 1 aromatic carbocycles. The maximum Gasteiger partial charge on any atom is 0.150 e. The summed E-state index contributed by atoms with van der Waals surface area (Å²) < 4.78 is 23.3. The maximum absolute atomic E-state index is 11.7. The summed E-state index contributed by atoms with van der Waals surface area (Å²) in [4.78, 5) is 0.